The van der Waals surface area contributed by atoms with E-state index >= 15 is 0 Å². The van der Waals surface area contributed by atoms with Crippen molar-refractivity contribution >= 4 is 0 Å². The first-order valence-electron chi connectivity index (χ1n) is 11.3. The van der Waals surface area contributed by atoms with Gasteiger partial charge >= 0.3 is 0 Å². The molecule has 8 aliphatic rings. The summed E-state index contributed by atoms with van der Waals surface area (Å²) >= 11 is 0. The normalized spacial score (nSPS) is 56.5. The van der Waals surface area contributed by atoms with E-state index in [1.807, 2.05) is 0 Å². The second-order valence-corrected chi connectivity index (χ2v) is 9.35. The van der Waals surface area contributed by atoms with Crippen molar-refractivity contribution in [2.45, 2.75) is 112 Å². The number of hydrogen-bond acceptors (Lipinski definition) is 11. The van der Waals surface area contributed by atoms with E-state index in [1.54, 1.807) is 0 Å². The van der Waals surface area contributed by atoms with Crippen LogP contribution in [0.25, 0.3) is 0 Å². The molecule has 2 saturated carbocycles. The van der Waals surface area contributed by atoms with Crippen molar-refractivity contribution in [3.8, 4) is 0 Å². The first kappa shape index (κ1) is 21.1. The summed E-state index contributed by atoms with van der Waals surface area (Å²) in [5.74, 6) is -0.0507. The maximum absolute atomic E-state index is 10.3. The highest BCUT2D eigenvalue weighted by Gasteiger charge is 2.62. The molecular formula is C20H30O11. The third-order valence-corrected chi connectivity index (χ3v) is 7.54. The van der Waals surface area contributed by atoms with Gasteiger partial charge in [0.2, 0.25) is 0 Å². The lowest BCUT2D eigenvalue weighted by Gasteiger charge is -2.57. The van der Waals surface area contributed by atoms with Gasteiger partial charge in [-0.1, -0.05) is 19.3 Å². The topological polar surface area (TPSA) is 146 Å². The highest BCUT2D eigenvalue weighted by atomic mass is 16.9. The smallest absolute Gasteiger partial charge is 0.272 e. The molecule has 6 saturated heterocycles. The Morgan fingerprint density at radius 1 is 0.516 bits per heavy atom. The lowest BCUT2D eigenvalue weighted by Crippen LogP contribution is -2.75. The second-order valence-electron chi connectivity index (χ2n) is 9.35. The average molecular weight is 446 g/mol. The molecule has 176 valence electrons. The van der Waals surface area contributed by atoms with E-state index in [1.165, 1.54) is 0 Å². The minimum absolute atomic E-state index is 0.0507. The Balaban J connectivity index is 0.924. The van der Waals surface area contributed by atoms with Crippen molar-refractivity contribution < 1.29 is 53.6 Å². The van der Waals surface area contributed by atoms with Gasteiger partial charge in [-0.15, -0.1) is 0 Å². The first-order valence-corrected chi connectivity index (χ1v) is 11.3. The fraction of sp³-hybridized carbons (Fsp3) is 1.00. The zero-order valence-electron chi connectivity index (χ0n) is 17.0. The van der Waals surface area contributed by atoms with Crippen LogP contribution in [-0.4, -0.2) is 107 Å². The van der Waals surface area contributed by atoms with Gasteiger partial charge in [0, 0.05) is 12.5 Å². The van der Waals surface area contributed by atoms with Crippen LogP contribution in [0.4, 0.5) is 0 Å². The maximum atomic E-state index is 10.3. The Bertz CT molecular complexity index is 571. The maximum Gasteiger partial charge on any atom is 0.272 e. The molecule has 31 heavy (non-hydrogen) atoms. The van der Waals surface area contributed by atoms with E-state index in [0.717, 1.165) is 32.1 Å². The predicted octanol–water partition coefficient (Wildman–Crippen LogP) is -1.66. The molecule has 6 heterocycles. The summed E-state index contributed by atoms with van der Waals surface area (Å²) < 4.78 is 38.9. The van der Waals surface area contributed by atoms with E-state index < -0.39 is 67.9 Å². The third kappa shape index (κ3) is 3.38. The average Bonchev–Trinajstić information content (AvgIpc) is 2.76. The van der Waals surface area contributed by atoms with Gasteiger partial charge in [0.15, 0.2) is 0 Å². The minimum Gasteiger partial charge on any atom is -0.388 e. The van der Waals surface area contributed by atoms with Gasteiger partial charge in [-0.25, -0.2) is 0 Å². The molecule has 0 aromatic carbocycles. The van der Waals surface area contributed by atoms with Gasteiger partial charge in [-0.05, 0) is 12.8 Å². The quantitative estimate of drug-likeness (QED) is 0.318. The molecule has 2 aliphatic carbocycles. The molecule has 0 spiro atoms. The van der Waals surface area contributed by atoms with Gasteiger partial charge < -0.3 is 53.6 Å². The summed E-state index contributed by atoms with van der Waals surface area (Å²) in [6.45, 7) is -1.14. The minimum atomic E-state index is -0.932. The van der Waals surface area contributed by atoms with Crippen molar-refractivity contribution in [3.05, 3.63) is 0 Å². The van der Waals surface area contributed by atoms with Gasteiger partial charge in [0.05, 0.1) is 12.2 Å². The number of aliphatic hydroxyl groups is 4. The Morgan fingerprint density at radius 2 is 0.968 bits per heavy atom. The predicted molar refractivity (Wildman–Crippen MR) is 97.2 cm³/mol. The number of aliphatic hydroxyl groups excluding tert-OH is 4. The van der Waals surface area contributed by atoms with Crippen LogP contribution in [0, 0.1) is 5.92 Å². The van der Waals surface area contributed by atoms with Crippen molar-refractivity contribution in [3.63, 3.8) is 0 Å². The second kappa shape index (κ2) is 8.10. The molecule has 0 amide bonds. The summed E-state index contributed by atoms with van der Waals surface area (Å²) in [6, 6.07) is 0. The van der Waals surface area contributed by atoms with Crippen LogP contribution in [0.5, 0.6) is 0 Å². The summed E-state index contributed by atoms with van der Waals surface area (Å²) in [5.41, 5.74) is 0. The monoisotopic (exact) mass is 446 g/mol. The summed E-state index contributed by atoms with van der Waals surface area (Å²) in [5, 5.41) is 41.2. The molecule has 8 bridgehead atoms. The summed E-state index contributed by atoms with van der Waals surface area (Å²) in [6.07, 6.45) is -2.74. The van der Waals surface area contributed by atoms with Crippen LogP contribution < -0.4 is 0 Å². The standard InChI is InChI=1S/C20H30O11/c21-8-12-7(13-9(22)14(8)28-19(26-12)27-13)5-3-1-2-4-6-25-18-16-10(23)15-11(24)17(18)31-20(29-15)30-16/h7-24H,1-6H2/t7?,8?,9?,10?,11?,12-,13?,14?,15?,16+,17?,18?,19?,20?/m0/s1. The molecule has 8 rings (SSSR count). The van der Waals surface area contributed by atoms with Crippen LogP contribution in [0.1, 0.15) is 32.1 Å². The molecule has 6 aliphatic heterocycles. The zero-order valence-corrected chi connectivity index (χ0v) is 17.0. The molecule has 12 unspecified atom stereocenters. The van der Waals surface area contributed by atoms with Crippen molar-refractivity contribution in [1.82, 2.24) is 0 Å². The molecule has 8 fully saturated rings. The van der Waals surface area contributed by atoms with Crippen molar-refractivity contribution in [2.24, 2.45) is 5.92 Å². The highest BCUT2D eigenvalue weighted by molar-refractivity contribution is 5.06. The van der Waals surface area contributed by atoms with Gasteiger partial charge in [-0.3, -0.25) is 0 Å². The largest absolute Gasteiger partial charge is 0.388 e. The van der Waals surface area contributed by atoms with Crippen LogP contribution in [0.15, 0.2) is 0 Å². The molecule has 4 N–H and O–H groups in total. The number of rotatable bonds is 8. The van der Waals surface area contributed by atoms with Crippen LogP contribution in [0.3, 0.4) is 0 Å². The van der Waals surface area contributed by atoms with Crippen LogP contribution in [-0.2, 0) is 33.2 Å². The zero-order chi connectivity index (χ0) is 21.3. The molecule has 11 nitrogen and oxygen atoms in total. The lowest BCUT2D eigenvalue weighted by atomic mass is 9.74. The molecule has 0 aromatic rings. The van der Waals surface area contributed by atoms with Crippen molar-refractivity contribution in [2.75, 3.05) is 6.61 Å². The van der Waals surface area contributed by atoms with E-state index in [2.05, 4.69) is 0 Å². The Kier molecular flexibility index (Phi) is 5.52. The van der Waals surface area contributed by atoms with E-state index in [4.69, 9.17) is 33.2 Å². The van der Waals surface area contributed by atoms with E-state index in [0.29, 0.717) is 6.61 Å². The molecule has 0 radical (unpaired) electrons. The van der Waals surface area contributed by atoms with Gasteiger partial charge in [0.1, 0.15) is 54.9 Å². The summed E-state index contributed by atoms with van der Waals surface area (Å²) in [7, 11) is 0. The SMILES string of the molecule is OC1C2OC3OC1C(CCCCCCOC1C4OC5OC(C4O)C(O)[C@H]1O5)[C@H](O3)C2O. The van der Waals surface area contributed by atoms with Gasteiger partial charge in [-0.2, -0.15) is 0 Å². The van der Waals surface area contributed by atoms with Crippen molar-refractivity contribution in [1.29, 1.82) is 0 Å². The lowest BCUT2D eigenvalue weighted by molar-refractivity contribution is -0.483. The fourth-order valence-corrected chi connectivity index (χ4v) is 5.96. The fourth-order valence-electron chi connectivity index (χ4n) is 5.96. The first-order chi connectivity index (χ1) is 15.0. The Morgan fingerprint density at radius 3 is 1.55 bits per heavy atom. The van der Waals surface area contributed by atoms with Gasteiger partial charge in [0.25, 0.3) is 13.0 Å². The molecule has 11 heteroatoms. The third-order valence-electron chi connectivity index (χ3n) is 7.54. The Hall–Kier alpha value is -0.440. The number of ether oxygens (including phenoxy) is 7. The summed E-state index contributed by atoms with van der Waals surface area (Å²) in [4.78, 5) is 0. The van der Waals surface area contributed by atoms with Crippen LogP contribution >= 0.6 is 0 Å². The number of unbranched alkanes of at least 4 members (excludes halogenated alkanes) is 3. The number of hydrogen-bond donors (Lipinski definition) is 4. The molecule has 0 aromatic heterocycles. The Labute approximate surface area is 179 Å². The van der Waals surface area contributed by atoms with Crippen LogP contribution in [0.2, 0.25) is 0 Å². The van der Waals surface area contributed by atoms with E-state index in [9.17, 15) is 20.4 Å². The highest BCUT2D eigenvalue weighted by Crippen LogP contribution is 2.45. The molecular weight excluding hydrogens is 416 g/mol. The molecule has 14 atom stereocenters. The van der Waals surface area contributed by atoms with E-state index in [-0.39, 0.29) is 18.1 Å².